The molecular weight excluding hydrogens is 248 g/mol. The van der Waals surface area contributed by atoms with Gasteiger partial charge < -0.3 is 11.1 Å². The first-order valence-electron chi connectivity index (χ1n) is 7.76. The van der Waals surface area contributed by atoms with E-state index in [0.717, 1.165) is 18.5 Å². The average molecular weight is 272 g/mol. The third-order valence-electron chi connectivity index (χ3n) is 5.10. The molecule has 3 rings (SSSR count). The van der Waals surface area contributed by atoms with E-state index in [4.69, 9.17) is 5.73 Å². The van der Waals surface area contributed by atoms with Crippen molar-refractivity contribution >= 4 is 11.6 Å². The number of rotatable bonds is 2. The zero-order valence-corrected chi connectivity index (χ0v) is 12.1. The predicted molar refractivity (Wildman–Crippen MR) is 81.3 cm³/mol. The van der Waals surface area contributed by atoms with Crippen LogP contribution in [0.2, 0.25) is 0 Å². The van der Waals surface area contributed by atoms with Crippen LogP contribution in [0.1, 0.15) is 37.7 Å². The van der Waals surface area contributed by atoms with Gasteiger partial charge >= 0.3 is 0 Å². The number of nitrogens with two attached hydrogens (primary N) is 1. The van der Waals surface area contributed by atoms with E-state index in [2.05, 4.69) is 12.2 Å². The van der Waals surface area contributed by atoms with Gasteiger partial charge in [0.15, 0.2) is 0 Å². The van der Waals surface area contributed by atoms with E-state index in [1.165, 1.54) is 24.8 Å². The molecule has 1 aromatic carbocycles. The molecule has 20 heavy (non-hydrogen) atoms. The van der Waals surface area contributed by atoms with Gasteiger partial charge in [-0.3, -0.25) is 4.79 Å². The van der Waals surface area contributed by atoms with Crippen molar-refractivity contribution in [3.63, 3.8) is 0 Å². The number of amides is 1. The van der Waals surface area contributed by atoms with Gasteiger partial charge in [-0.05, 0) is 56.6 Å². The third kappa shape index (κ3) is 2.73. The molecular formula is C17H24N2O. The first kappa shape index (κ1) is 13.6. The number of carbonyl (C=O) groups excluding carboxylic acids is 1. The van der Waals surface area contributed by atoms with Crippen molar-refractivity contribution in [1.82, 2.24) is 0 Å². The Morgan fingerprint density at radius 3 is 2.35 bits per heavy atom. The van der Waals surface area contributed by atoms with Crippen LogP contribution in [-0.4, -0.2) is 11.9 Å². The highest BCUT2D eigenvalue weighted by Crippen LogP contribution is 2.42. The van der Waals surface area contributed by atoms with Gasteiger partial charge in [-0.15, -0.1) is 0 Å². The standard InChI is InChI=1S/C17H24N2O/c1-11-5-7-15(8-6-11)19-17(20)14-9-12-3-2-4-13(10-14)16(12)18/h5-8,12-14,16H,2-4,9-10,18H2,1H3,(H,19,20). The fourth-order valence-electron chi connectivity index (χ4n) is 3.88. The lowest BCUT2D eigenvalue weighted by atomic mass is 9.65. The third-order valence-corrected chi connectivity index (χ3v) is 5.10. The molecule has 3 N–H and O–H groups in total. The first-order chi connectivity index (χ1) is 9.63. The van der Waals surface area contributed by atoms with Crippen LogP contribution in [0.25, 0.3) is 0 Å². The Morgan fingerprint density at radius 1 is 1.15 bits per heavy atom. The highest BCUT2D eigenvalue weighted by atomic mass is 16.1. The molecule has 2 saturated carbocycles. The first-order valence-corrected chi connectivity index (χ1v) is 7.76. The summed E-state index contributed by atoms with van der Waals surface area (Å²) in [4.78, 5) is 12.4. The molecule has 0 aromatic heterocycles. The van der Waals surface area contributed by atoms with Crippen LogP contribution >= 0.6 is 0 Å². The second-order valence-corrected chi connectivity index (χ2v) is 6.55. The molecule has 108 valence electrons. The molecule has 0 saturated heterocycles. The van der Waals surface area contributed by atoms with Crippen LogP contribution in [0.4, 0.5) is 5.69 Å². The lowest BCUT2D eigenvalue weighted by Gasteiger charge is -2.43. The van der Waals surface area contributed by atoms with Gasteiger partial charge in [0.25, 0.3) is 0 Å². The van der Waals surface area contributed by atoms with Crippen molar-refractivity contribution in [1.29, 1.82) is 0 Å². The molecule has 1 amide bonds. The maximum atomic E-state index is 12.4. The second kappa shape index (κ2) is 5.57. The Bertz CT molecular complexity index is 468. The van der Waals surface area contributed by atoms with Crippen molar-refractivity contribution in [2.75, 3.05) is 5.32 Å². The topological polar surface area (TPSA) is 55.1 Å². The minimum absolute atomic E-state index is 0.145. The summed E-state index contributed by atoms with van der Waals surface area (Å²) >= 11 is 0. The fraction of sp³-hybridized carbons (Fsp3) is 0.588. The summed E-state index contributed by atoms with van der Waals surface area (Å²) in [6, 6.07) is 8.33. The van der Waals surface area contributed by atoms with Crippen LogP contribution in [0, 0.1) is 24.7 Å². The Labute approximate surface area is 120 Å². The lowest BCUT2D eigenvalue weighted by Crippen LogP contribution is -2.48. The summed E-state index contributed by atoms with van der Waals surface area (Å²) in [6.07, 6.45) is 5.62. The number of fused-ring (bicyclic) bond motifs is 2. The van der Waals surface area contributed by atoms with Crippen LogP contribution in [0.15, 0.2) is 24.3 Å². The Balaban J connectivity index is 1.64. The molecule has 0 heterocycles. The maximum Gasteiger partial charge on any atom is 0.227 e. The van der Waals surface area contributed by atoms with E-state index in [9.17, 15) is 4.79 Å². The minimum Gasteiger partial charge on any atom is -0.327 e. The van der Waals surface area contributed by atoms with Gasteiger partial charge in [0.05, 0.1) is 0 Å². The molecule has 2 unspecified atom stereocenters. The SMILES string of the molecule is Cc1ccc(NC(=O)C2CC3CCCC(C2)C3N)cc1. The van der Waals surface area contributed by atoms with Crippen LogP contribution in [-0.2, 0) is 4.79 Å². The number of aryl methyl sites for hydroxylation is 1. The smallest absolute Gasteiger partial charge is 0.227 e. The number of hydrogen-bond donors (Lipinski definition) is 2. The van der Waals surface area contributed by atoms with Gasteiger partial charge in [-0.1, -0.05) is 24.1 Å². The van der Waals surface area contributed by atoms with E-state index in [1.807, 2.05) is 24.3 Å². The zero-order valence-electron chi connectivity index (χ0n) is 12.1. The van der Waals surface area contributed by atoms with Crippen LogP contribution in [0.3, 0.4) is 0 Å². The van der Waals surface area contributed by atoms with Crippen molar-refractivity contribution in [2.24, 2.45) is 23.5 Å². The fourth-order valence-corrected chi connectivity index (χ4v) is 3.88. The van der Waals surface area contributed by atoms with E-state index in [1.54, 1.807) is 0 Å². The number of carbonyl (C=O) groups is 1. The Kier molecular flexibility index (Phi) is 3.79. The normalized spacial score (nSPS) is 32.7. The van der Waals surface area contributed by atoms with Crippen LogP contribution < -0.4 is 11.1 Å². The molecule has 3 heteroatoms. The van der Waals surface area contributed by atoms with Gasteiger partial charge in [-0.2, -0.15) is 0 Å². The average Bonchev–Trinajstić information content (AvgIpc) is 2.41. The molecule has 0 aliphatic heterocycles. The molecule has 1 aromatic rings. The predicted octanol–water partition coefficient (Wildman–Crippen LogP) is 3.09. The number of hydrogen-bond acceptors (Lipinski definition) is 2. The maximum absolute atomic E-state index is 12.4. The van der Waals surface area contributed by atoms with E-state index < -0.39 is 0 Å². The molecule has 2 bridgehead atoms. The molecule has 3 nitrogen and oxygen atoms in total. The van der Waals surface area contributed by atoms with Crippen molar-refractivity contribution < 1.29 is 4.79 Å². The summed E-state index contributed by atoms with van der Waals surface area (Å²) in [5.41, 5.74) is 8.40. The van der Waals surface area contributed by atoms with Crippen molar-refractivity contribution in [3.05, 3.63) is 29.8 Å². The minimum atomic E-state index is 0.145. The molecule has 2 atom stereocenters. The summed E-state index contributed by atoms with van der Waals surface area (Å²) < 4.78 is 0. The second-order valence-electron chi connectivity index (χ2n) is 6.55. The summed E-state index contributed by atoms with van der Waals surface area (Å²) in [6.45, 7) is 2.05. The van der Waals surface area contributed by atoms with Crippen LogP contribution in [0.5, 0.6) is 0 Å². The Morgan fingerprint density at radius 2 is 1.75 bits per heavy atom. The van der Waals surface area contributed by atoms with Crippen molar-refractivity contribution in [2.45, 2.75) is 45.1 Å². The van der Waals surface area contributed by atoms with Crippen molar-refractivity contribution in [3.8, 4) is 0 Å². The number of nitrogens with one attached hydrogen (secondary N) is 1. The molecule has 0 spiro atoms. The largest absolute Gasteiger partial charge is 0.327 e. The molecule has 2 aliphatic rings. The monoisotopic (exact) mass is 272 g/mol. The molecule has 2 fully saturated rings. The van der Waals surface area contributed by atoms with Gasteiger partial charge in [-0.25, -0.2) is 0 Å². The van der Waals surface area contributed by atoms with E-state index in [-0.39, 0.29) is 11.8 Å². The highest BCUT2D eigenvalue weighted by molar-refractivity contribution is 5.92. The molecule has 0 radical (unpaired) electrons. The Hall–Kier alpha value is -1.35. The quantitative estimate of drug-likeness (QED) is 0.869. The van der Waals surface area contributed by atoms with E-state index >= 15 is 0 Å². The van der Waals surface area contributed by atoms with E-state index in [0.29, 0.717) is 17.9 Å². The van der Waals surface area contributed by atoms with Gasteiger partial charge in [0.1, 0.15) is 0 Å². The highest BCUT2D eigenvalue weighted by Gasteiger charge is 2.40. The summed E-state index contributed by atoms with van der Waals surface area (Å²) in [5, 5.41) is 3.06. The number of benzene rings is 1. The molecule has 2 aliphatic carbocycles. The van der Waals surface area contributed by atoms with Gasteiger partial charge in [0.2, 0.25) is 5.91 Å². The zero-order chi connectivity index (χ0) is 14.1. The summed E-state index contributed by atoms with van der Waals surface area (Å²) in [7, 11) is 0. The number of anilines is 1. The lowest BCUT2D eigenvalue weighted by molar-refractivity contribution is -0.122. The summed E-state index contributed by atoms with van der Waals surface area (Å²) in [5.74, 6) is 1.43. The van der Waals surface area contributed by atoms with Gasteiger partial charge in [0, 0.05) is 17.6 Å².